The molecule has 0 amide bonds. The molecule has 0 radical (unpaired) electrons. The number of benzene rings is 4. The number of carboxylic acids is 1. The zero-order valence-corrected chi connectivity index (χ0v) is 22.8. The molecule has 3 N–H and O–H groups in total. The fourth-order valence-electron chi connectivity index (χ4n) is 4.27. The number of rotatable bonds is 4. The van der Waals surface area contributed by atoms with Crippen LogP contribution in [0, 0.1) is 13.8 Å². The highest BCUT2D eigenvalue weighted by Gasteiger charge is 2.31. The number of halogens is 6. The van der Waals surface area contributed by atoms with Gasteiger partial charge in [-0.1, -0.05) is 36.4 Å². The lowest BCUT2D eigenvalue weighted by Gasteiger charge is -2.12. The smallest absolute Gasteiger partial charge is 0.416 e. The van der Waals surface area contributed by atoms with Crippen molar-refractivity contribution in [2.45, 2.75) is 26.2 Å². The maximum Gasteiger partial charge on any atom is 0.416 e. The van der Waals surface area contributed by atoms with Gasteiger partial charge >= 0.3 is 24.3 Å². The van der Waals surface area contributed by atoms with Gasteiger partial charge in [-0.05, 0) is 83.6 Å². The third-order valence-electron chi connectivity index (χ3n) is 6.28. The number of carboxylic acid groups (broad SMARTS) is 1. The molecule has 0 aliphatic carbocycles. The number of esters is 1. The van der Waals surface area contributed by atoms with Crippen molar-refractivity contribution in [3.8, 4) is 33.8 Å². The molecule has 0 aliphatic rings. The van der Waals surface area contributed by atoms with Crippen molar-refractivity contribution in [2.75, 3.05) is 7.11 Å². The predicted octanol–water partition coefficient (Wildman–Crippen LogP) is 8.26. The van der Waals surface area contributed by atoms with E-state index in [1.54, 1.807) is 6.92 Å². The summed E-state index contributed by atoms with van der Waals surface area (Å²) < 4.78 is 80.9. The van der Waals surface area contributed by atoms with Crippen molar-refractivity contribution in [3.63, 3.8) is 0 Å². The molecule has 0 bridgehead atoms. The largest absolute Gasteiger partial charge is 0.507 e. The van der Waals surface area contributed by atoms with Crippen LogP contribution in [0.1, 0.15) is 43.0 Å². The first-order valence-corrected chi connectivity index (χ1v) is 12.3. The zero-order valence-electron chi connectivity index (χ0n) is 22.8. The summed E-state index contributed by atoms with van der Waals surface area (Å²) >= 11 is 0. The van der Waals surface area contributed by atoms with Gasteiger partial charge in [0, 0.05) is 0 Å². The Morgan fingerprint density at radius 3 is 1.35 bits per heavy atom. The number of hydrogen-bond acceptors (Lipinski definition) is 5. The second-order valence-electron chi connectivity index (χ2n) is 9.33. The Hall–Kier alpha value is -5.00. The SMILES string of the molecule is COC(=O)c1c(C)cc(-c2cccc(C(F)(F)F)c2)cc1O.Cc1cc(-c2cccc(C(F)(F)F)c2)cc(O)c1C(=O)O. The molecule has 0 fully saturated rings. The molecular weight excluding hydrogens is 582 g/mol. The van der Waals surface area contributed by atoms with Crippen molar-refractivity contribution in [1.29, 1.82) is 0 Å². The standard InChI is InChI=1S/C16H13F3O3.C15H11F3O3/c1-9-6-11(8-13(20)14(9)15(21)22-2)10-4-3-5-12(7-10)16(17,18)19;1-8-5-10(7-12(19)13(8)14(20)21)9-3-2-4-11(6-9)15(16,17)18/h3-8,20H,1-2H3;2-7,19H,1H3,(H,20,21). The number of aromatic hydroxyl groups is 2. The van der Waals surface area contributed by atoms with Crippen LogP contribution in [0.3, 0.4) is 0 Å². The molecule has 0 spiro atoms. The van der Waals surface area contributed by atoms with E-state index in [1.165, 1.54) is 56.5 Å². The summed E-state index contributed by atoms with van der Waals surface area (Å²) in [4.78, 5) is 22.5. The van der Waals surface area contributed by atoms with E-state index in [0.29, 0.717) is 22.3 Å². The van der Waals surface area contributed by atoms with Crippen molar-refractivity contribution in [3.05, 3.63) is 106 Å². The molecule has 0 atom stereocenters. The number of alkyl halides is 6. The highest BCUT2D eigenvalue weighted by Crippen LogP contribution is 2.36. The first-order valence-electron chi connectivity index (χ1n) is 12.3. The van der Waals surface area contributed by atoms with Crippen LogP contribution in [0.5, 0.6) is 11.5 Å². The van der Waals surface area contributed by atoms with Gasteiger partial charge in [0.1, 0.15) is 22.6 Å². The maximum absolute atomic E-state index is 12.7. The van der Waals surface area contributed by atoms with Gasteiger partial charge in [0.25, 0.3) is 0 Å². The quantitative estimate of drug-likeness (QED) is 0.160. The highest BCUT2D eigenvalue weighted by atomic mass is 19.4. The molecule has 4 aromatic rings. The molecule has 0 unspecified atom stereocenters. The molecule has 4 rings (SSSR count). The lowest BCUT2D eigenvalue weighted by atomic mass is 9.97. The van der Waals surface area contributed by atoms with Gasteiger partial charge in [0.15, 0.2) is 0 Å². The Morgan fingerprint density at radius 1 is 0.628 bits per heavy atom. The summed E-state index contributed by atoms with van der Waals surface area (Å²) in [5, 5.41) is 28.6. The van der Waals surface area contributed by atoms with Crippen molar-refractivity contribution >= 4 is 11.9 Å². The van der Waals surface area contributed by atoms with Crippen LogP contribution in [0.4, 0.5) is 26.3 Å². The van der Waals surface area contributed by atoms with E-state index < -0.39 is 41.2 Å². The number of hydrogen-bond donors (Lipinski definition) is 3. The maximum atomic E-state index is 12.7. The number of aryl methyl sites for hydroxylation is 2. The monoisotopic (exact) mass is 606 g/mol. The van der Waals surface area contributed by atoms with E-state index in [1.807, 2.05) is 0 Å². The molecule has 43 heavy (non-hydrogen) atoms. The number of carbonyl (C=O) groups is 2. The Morgan fingerprint density at radius 2 is 1.02 bits per heavy atom. The summed E-state index contributed by atoms with van der Waals surface area (Å²) in [7, 11) is 1.18. The molecule has 226 valence electrons. The van der Waals surface area contributed by atoms with E-state index in [9.17, 15) is 46.1 Å². The van der Waals surface area contributed by atoms with Crippen LogP contribution in [0.2, 0.25) is 0 Å². The number of phenols is 2. The van der Waals surface area contributed by atoms with Gasteiger partial charge in [-0.3, -0.25) is 0 Å². The normalized spacial score (nSPS) is 11.4. The van der Waals surface area contributed by atoms with Gasteiger partial charge in [-0.2, -0.15) is 26.3 Å². The summed E-state index contributed by atoms with van der Waals surface area (Å²) in [5.74, 6) is -2.81. The molecule has 0 aliphatic heterocycles. The predicted molar refractivity (Wildman–Crippen MR) is 145 cm³/mol. The van der Waals surface area contributed by atoms with E-state index in [-0.39, 0.29) is 28.0 Å². The minimum absolute atomic E-state index is 0.00164. The molecule has 0 heterocycles. The number of ether oxygens (including phenoxy) is 1. The van der Waals surface area contributed by atoms with Crippen molar-refractivity contribution < 1.29 is 56.0 Å². The van der Waals surface area contributed by atoms with Gasteiger partial charge in [-0.25, -0.2) is 9.59 Å². The van der Waals surface area contributed by atoms with E-state index >= 15 is 0 Å². The van der Waals surface area contributed by atoms with Gasteiger partial charge in [0.05, 0.1) is 18.2 Å². The van der Waals surface area contributed by atoms with Gasteiger partial charge < -0.3 is 20.1 Å². The Balaban J connectivity index is 0.000000236. The average molecular weight is 607 g/mol. The number of carbonyl (C=O) groups excluding carboxylic acids is 1. The molecule has 4 aromatic carbocycles. The Kier molecular flexibility index (Phi) is 9.43. The van der Waals surface area contributed by atoms with E-state index in [0.717, 1.165) is 30.3 Å². The van der Waals surface area contributed by atoms with Crippen LogP contribution in [-0.2, 0) is 17.1 Å². The van der Waals surface area contributed by atoms with Gasteiger partial charge in [0.2, 0.25) is 0 Å². The highest BCUT2D eigenvalue weighted by molar-refractivity contribution is 5.95. The molecular formula is C31H24F6O6. The van der Waals surface area contributed by atoms with E-state index in [2.05, 4.69) is 4.74 Å². The minimum Gasteiger partial charge on any atom is -0.507 e. The van der Waals surface area contributed by atoms with Crippen molar-refractivity contribution in [2.24, 2.45) is 0 Å². The lowest BCUT2D eigenvalue weighted by molar-refractivity contribution is -0.138. The molecule has 0 saturated heterocycles. The zero-order chi connectivity index (χ0) is 32.3. The third-order valence-corrected chi connectivity index (χ3v) is 6.28. The Labute approximate surface area is 241 Å². The third kappa shape index (κ3) is 7.64. The topological polar surface area (TPSA) is 104 Å². The number of methoxy groups -OCH3 is 1. The second kappa shape index (κ2) is 12.5. The second-order valence-corrected chi connectivity index (χ2v) is 9.33. The van der Waals surface area contributed by atoms with Gasteiger partial charge in [-0.15, -0.1) is 0 Å². The fraction of sp³-hybridized carbons (Fsp3) is 0.161. The lowest BCUT2D eigenvalue weighted by Crippen LogP contribution is -2.05. The van der Waals surface area contributed by atoms with Crippen LogP contribution < -0.4 is 0 Å². The number of aromatic carboxylic acids is 1. The first-order chi connectivity index (χ1) is 19.9. The summed E-state index contributed by atoms with van der Waals surface area (Å²) in [5.41, 5.74) is 0.0939. The molecule has 12 heteroatoms. The summed E-state index contributed by atoms with van der Waals surface area (Å²) in [6, 6.07) is 14.7. The van der Waals surface area contributed by atoms with Crippen LogP contribution in [0.25, 0.3) is 22.3 Å². The summed E-state index contributed by atoms with van der Waals surface area (Å²) in [6.07, 6.45) is -8.91. The number of phenolic OH excluding ortho intramolecular Hbond substituents is 1. The Bertz CT molecular complexity index is 1630. The summed E-state index contributed by atoms with van der Waals surface area (Å²) in [6.45, 7) is 3.05. The van der Waals surface area contributed by atoms with Crippen LogP contribution >= 0.6 is 0 Å². The average Bonchev–Trinajstić information content (AvgIpc) is 2.91. The molecule has 0 aromatic heterocycles. The minimum atomic E-state index is -4.46. The molecule has 0 saturated carbocycles. The van der Waals surface area contributed by atoms with Crippen molar-refractivity contribution in [1.82, 2.24) is 0 Å². The fourth-order valence-corrected chi connectivity index (χ4v) is 4.27. The first kappa shape index (κ1) is 32.5. The molecule has 6 nitrogen and oxygen atoms in total. The van der Waals surface area contributed by atoms with Crippen LogP contribution in [-0.4, -0.2) is 34.4 Å². The van der Waals surface area contributed by atoms with Crippen LogP contribution in [0.15, 0.2) is 72.8 Å². The van der Waals surface area contributed by atoms with E-state index in [4.69, 9.17) is 5.11 Å².